The van der Waals surface area contributed by atoms with Crippen LogP contribution in [0.15, 0.2) is 4.99 Å². The second-order valence-corrected chi connectivity index (χ2v) is 6.42. The molecule has 1 atom stereocenters. The number of halogens is 1. The first-order valence-corrected chi connectivity index (χ1v) is 8.18. The Morgan fingerprint density at radius 1 is 1.37 bits per heavy atom. The van der Waals surface area contributed by atoms with Crippen LogP contribution < -0.4 is 5.32 Å². The van der Waals surface area contributed by atoms with Gasteiger partial charge in [-0.2, -0.15) is 11.8 Å². The third-order valence-electron chi connectivity index (χ3n) is 3.77. The standard InChI is InChI=1S/C13H26N4S.HI/c1-3-12-11-17(9-10-18-12)13(14-2)15-5-8-16-6-4-7-16;/h12H,3-11H2,1-2H3,(H,14,15);1H. The van der Waals surface area contributed by atoms with Crippen LogP contribution in [0.2, 0.25) is 0 Å². The van der Waals surface area contributed by atoms with Crippen molar-refractivity contribution in [2.24, 2.45) is 4.99 Å². The number of likely N-dealkylation sites (tertiary alicyclic amines) is 1. The highest BCUT2D eigenvalue weighted by molar-refractivity contribution is 14.0. The van der Waals surface area contributed by atoms with Crippen molar-refractivity contribution in [3.63, 3.8) is 0 Å². The average Bonchev–Trinajstić information content (AvgIpc) is 2.37. The molecular formula is C13H27IN4S. The van der Waals surface area contributed by atoms with Crippen LogP contribution in [0.1, 0.15) is 19.8 Å². The maximum atomic E-state index is 4.42. The highest BCUT2D eigenvalue weighted by Crippen LogP contribution is 2.20. The van der Waals surface area contributed by atoms with Gasteiger partial charge in [0.25, 0.3) is 0 Å². The van der Waals surface area contributed by atoms with Gasteiger partial charge in [0.1, 0.15) is 0 Å². The maximum Gasteiger partial charge on any atom is 0.193 e. The van der Waals surface area contributed by atoms with E-state index in [9.17, 15) is 0 Å². The van der Waals surface area contributed by atoms with Crippen LogP contribution in [-0.4, -0.2) is 73.1 Å². The van der Waals surface area contributed by atoms with Crippen LogP contribution >= 0.6 is 35.7 Å². The number of nitrogens with zero attached hydrogens (tertiary/aromatic N) is 3. The van der Waals surface area contributed by atoms with Crippen molar-refractivity contribution in [3.05, 3.63) is 0 Å². The van der Waals surface area contributed by atoms with Gasteiger partial charge in [0.15, 0.2) is 5.96 Å². The van der Waals surface area contributed by atoms with Gasteiger partial charge in [0, 0.05) is 44.2 Å². The second kappa shape index (κ2) is 9.28. The van der Waals surface area contributed by atoms with Crippen molar-refractivity contribution in [2.45, 2.75) is 25.0 Å². The zero-order chi connectivity index (χ0) is 12.8. The zero-order valence-corrected chi connectivity index (χ0v) is 15.2. The minimum atomic E-state index is 0. The van der Waals surface area contributed by atoms with E-state index in [4.69, 9.17) is 0 Å². The fourth-order valence-corrected chi connectivity index (χ4v) is 3.60. The summed E-state index contributed by atoms with van der Waals surface area (Å²) in [5.74, 6) is 2.32. The third kappa shape index (κ3) is 5.30. The molecule has 112 valence electrons. The van der Waals surface area contributed by atoms with Gasteiger partial charge in [-0.25, -0.2) is 0 Å². The number of hydrogen-bond donors (Lipinski definition) is 1. The van der Waals surface area contributed by atoms with Crippen LogP contribution in [0.25, 0.3) is 0 Å². The first-order chi connectivity index (χ1) is 8.83. The number of guanidine groups is 1. The number of hydrogen-bond acceptors (Lipinski definition) is 3. The molecule has 0 aromatic heterocycles. The summed E-state index contributed by atoms with van der Waals surface area (Å²) < 4.78 is 0. The van der Waals surface area contributed by atoms with E-state index in [1.54, 1.807) is 0 Å². The minimum absolute atomic E-state index is 0. The van der Waals surface area contributed by atoms with Crippen LogP contribution in [0.5, 0.6) is 0 Å². The quantitative estimate of drug-likeness (QED) is 0.444. The Balaban J connectivity index is 0.00000180. The lowest BCUT2D eigenvalue weighted by atomic mass is 10.2. The molecular weight excluding hydrogens is 371 g/mol. The Hall–Kier alpha value is 0.310. The summed E-state index contributed by atoms with van der Waals surface area (Å²) >= 11 is 2.10. The van der Waals surface area contributed by atoms with Crippen molar-refractivity contribution in [1.29, 1.82) is 0 Å². The van der Waals surface area contributed by atoms with Gasteiger partial charge in [-0.15, -0.1) is 24.0 Å². The van der Waals surface area contributed by atoms with Crippen molar-refractivity contribution in [2.75, 3.05) is 52.1 Å². The SMILES string of the molecule is CCC1CN(C(=NC)NCCN2CCC2)CCS1.I. The van der Waals surface area contributed by atoms with E-state index in [2.05, 4.69) is 38.8 Å². The number of thioether (sulfide) groups is 1. The average molecular weight is 398 g/mol. The Morgan fingerprint density at radius 2 is 2.16 bits per heavy atom. The fourth-order valence-electron chi connectivity index (χ4n) is 2.42. The van der Waals surface area contributed by atoms with Crippen LogP contribution in [0.4, 0.5) is 0 Å². The van der Waals surface area contributed by atoms with E-state index in [0.717, 1.165) is 37.4 Å². The number of rotatable bonds is 4. The second-order valence-electron chi connectivity index (χ2n) is 5.02. The summed E-state index contributed by atoms with van der Waals surface area (Å²) in [4.78, 5) is 9.33. The van der Waals surface area contributed by atoms with Crippen molar-refractivity contribution >= 4 is 41.7 Å². The molecule has 1 N–H and O–H groups in total. The molecule has 4 nitrogen and oxygen atoms in total. The molecule has 2 heterocycles. The van der Waals surface area contributed by atoms with E-state index >= 15 is 0 Å². The Labute approximate surface area is 138 Å². The van der Waals surface area contributed by atoms with Crippen molar-refractivity contribution < 1.29 is 0 Å². The van der Waals surface area contributed by atoms with Crippen molar-refractivity contribution in [3.8, 4) is 0 Å². The third-order valence-corrected chi connectivity index (χ3v) is 5.14. The Kier molecular flexibility index (Phi) is 8.48. The van der Waals surface area contributed by atoms with Gasteiger partial charge in [-0.1, -0.05) is 6.92 Å². The number of aliphatic imine (C=N–C) groups is 1. The summed E-state index contributed by atoms with van der Waals surface area (Å²) in [5, 5.41) is 4.28. The van der Waals surface area contributed by atoms with Gasteiger partial charge >= 0.3 is 0 Å². The van der Waals surface area contributed by atoms with Gasteiger partial charge in [0.2, 0.25) is 0 Å². The first-order valence-electron chi connectivity index (χ1n) is 7.13. The molecule has 0 saturated carbocycles. The predicted molar refractivity (Wildman–Crippen MR) is 95.9 cm³/mol. The molecule has 2 aliphatic heterocycles. The van der Waals surface area contributed by atoms with Crippen LogP contribution in [0.3, 0.4) is 0 Å². The molecule has 0 aromatic carbocycles. The zero-order valence-electron chi connectivity index (χ0n) is 12.1. The largest absolute Gasteiger partial charge is 0.355 e. The topological polar surface area (TPSA) is 30.9 Å². The molecule has 0 bridgehead atoms. The molecule has 2 rings (SSSR count). The summed E-state index contributed by atoms with van der Waals surface area (Å²) in [6, 6.07) is 0. The molecule has 6 heteroatoms. The predicted octanol–water partition coefficient (Wildman–Crippen LogP) is 1.71. The monoisotopic (exact) mass is 398 g/mol. The first kappa shape index (κ1) is 17.4. The highest BCUT2D eigenvalue weighted by Gasteiger charge is 2.21. The molecule has 19 heavy (non-hydrogen) atoms. The van der Waals surface area contributed by atoms with Crippen LogP contribution in [-0.2, 0) is 0 Å². The molecule has 0 spiro atoms. The fraction of sp³-hybridized carbons (Fsp3) is 0.923. The molecule has 2 saturated heterocycles. The summed E-state index contributed by atoms with van der Waals surface area (Å²) in [7, 11) is 1.90. The van der Waals surface area contributed by atoms with Crippen molar-refractivity contribution in [1.82, 2.24) is 15.1 Å². The highest BCUT2D eigenvalue weighted by atomic mass is 127. The van der Waals surface area contributed by atoms with E-state index in [0.29, 0.717) is 0 Å². The summed E-state index contributed by atoms with van der Waals surface area (Å²) in [6.45, 7) is 9.28. The number of nitrogens with one attached hydrogen (secondary N) is 1. The molecule has 2 fully saturated rings. The molecule has 2 aliphatic rings. The molecule has 0 aromatic rings. The molecule has 0 aliphatic carbocycles. The van der Waals surface area contributed by atoms with E-state index in [1.165, 1.54) is 31.7 Å². The van der Waals surface area contributed by atoms with Gasteiger partial charge in [0.05, 0.1) is 0 Å². The smallest absolute Gasteiger partial charge is 0.193 e. The summed E-state index contributed by atoms with van der Waals surface area (Å²) in [6.07, 6.45) is 2.63. The maximum absolute atomic E-state index is 4.42. The van der Waals surface area contributed by atoms with E-state index in [-0.39, 0.29) is 24.0 Å². The normalized spacial score (nSPS) is 24.6. The lowest BCUT2D eigenvalue weighted by molar-refractivity contribution is 0.184. The minimum Gasteiger partial charge on any atom is -0.355 e. The lowest BCUT2D eigenvalue weighted by Crippen LogP contribution is -2.50. The summed E-state index contributed by atoms with van der Waals surface area (Å²) in [5.41, 5.74) is 0. The van der Waals surface area contributed by atoms with Crippen LogP contribution in [0, 0.1) is 0 Å². The molecule has 1 unspecified atom stereocenters. The lowest BCUT2D eigenvalue weighted by Gasteiger charge is -2.35. The Morgan fingerprint density at radius 3 is 2.74 bits per heavy atom. The Bertz CT molecular complexity index is 284. The van der Waals surface area contributed by atoms with E-state index in [1.807, 2.05) is 7.05 Å². The van der Waals surface area contributed by atoms with Gasteiger partial charge < -0.3 is 15.1 Å². The van der Waals surface area contributed by atoms with E-state index < -0.39 is 0 Å². The van der Waals surface area contributed by atoms with Gasteiger partial charge in [-0.05, 0) is 25.9 Å². The molecule has 0 radical (unpaired) electrons. The molecule has 0 amide bonds. The van der Waals surface area contributed by atoms with Gasteiger partial charge in [-0.3, -0.25) is 4.99 Å².